The minimum absolute atomic E-state index is 0.00314. The molecular weight excluding hydrogens is 270 g/mol. The second kappa shape index (κ2) is 6.39. The molecule has 8 heteroatoms. The number of hydrogen-bond acceptors (Lipinski definition) is 5. The first-order chi connectivity index (χ1) is 8.83. The zero-order chi connectivity index (χ0) is 14.5. The number of nitrogens with one attached hydrogen (secondary N) is 1. The average molecular weight is 287 g/mol. The van der Waals surface area contributed by atoms with Crippen LogP contribution in [0.4, 0.5) is 5.69 Å². The van der Waals surface area contributed by atoms with E-state index in [-0.39, 0.29) is 29.3 Å². The molecule has 0 unspecified atom stereocenters. The lowest BCUT2D eigenvalue weighted by molar-refractivity contribution is -0.118. The Morgan fingerprint density at radius 3 is 2.58 bits per heavy atom. The molecular formula is C11H17N3O4S. The van der Waals surface area contributed by atoms with Gasteiger partial charge >= 0.3 is 0 Å². The van der Waals surface area contributed by atoms with Gasteiger partial charge in [-0.15, -0.1) is 0 Å². The fraction of sp³-hybridized carbons (Fsp3) is 0.364. The van der Waals surface area contributed by atoms with Gasteiger partial charge in [0.25, 0.3) is 0 Å². The predicted octanol–water partition coefficient (Wildman–Crippen LogP) is -0.0917. The first-order valence-corrected chi connectivity index (χ1v) is 7.17. The van der Waals surface area contributed by atoms with E-state index in [1.807, 2.05) is 0 Å². The number of nitrogens with two attached hydrogens (primary N) is 2. The van der Waals surface area contributed by atoms with E-state index in [0.29, 0.717) is 12.8 Å². The summed E-state index contributed by atoms with van der Waals surface area (Å²) in [5, 5.41) is 9.22. The summed E-state index contributed by atoms with van der Waals surface area (Å²) in [5.74, 6) is -0.574. The van der Waals surface area contributed by atoms with Crippen LogP contribution in [0.1, 0.15) is 19.3 Å². The van der Waals surface area contributed by atoms with Crippen molar-refractivity contribution >= 4 is 21.6 Å². The Morgan fingerprint density at radius 1 is 1.32 bits per heavy atom. The standard InChI is InChI=1S/C11H17N3O4S/c12-9-7-8(4-5-10(9)15)19(17,18)14-6-2-1-3-11(13)16/h4-5,7,14-15H,1-3,6,12H2,(H2,13,16). The number of carbonyl (C=O) groups excluding carboxylic acids is 1. The van der Waals surface area contributed by atoms with Crippen LogP contribution < -0.4 is 16.2 Å². The van der Waals surface area contributed by atoms with Crippen molar-refractivity contribution in [3.63, 3.8) is 0 Å². The van der Waals surface area contributed by atoms with Crippen LogP contribution in [0.5, 0.6) is 5.75 Å². The largest absolute Gasteiger partial charge is 0.506 e. The average Bonchev–Trinajstić information content (AvgIpc) is 2.31. The fourth-order valence-electron chi connectivity index (χ4n) is 1.41. The van der Waals surface area contributed by atoms with Crippen molar-refractivity contribution in [1.82, 2.24) is 4.72 Å². The van der Waals surface area contributed by atoms with Gasteiger partial charge in [-0.3, -0.25) is 4.79 Å². The molecule has 1 amide bonds. The highest BCUT2D eigenvalue weighted by Crippen LogP contribution is 2.22. The lowest BCUT2D eigenvalue weighted by atomic mass is 10.2. The van der Waals surface area contributed by atoms with Crippen molar-refractivity contribution in [1.29, 1.82) is 0 Å². The molecule has 0 aliphatic carbocycles. The van der Waals surface area contributed by atoms with E-state index in [4.69, 9.17) is 11.5 Å². The summed E-state index contributed by atoms with van der Waals surface area (Å²) in [6.45, 7) is 0.205. The Kier molecular flexibility index (Phi) is 5.13. The molecule has 0 radical (unpaired) electrons. The first kappa shape index (κ1) is 15.3. The molecule has 6 N–H and O–H groups in total. The van der Waals surface area contributed by atoms with Crippen LogP contribution in [-0.2, 0) is 14.8 Å². The van der Waals surface area contributed by atoms with Crippen LogP contribution in [0, 0.1) is 0 Å². The molecule has 0 heterocycles. The van der Waals surface area contributed by atoms with Gasteiger partial charge in [-0.1, -0.05) is 0 Å². The number of anilines is 1. The Bertz CT molecular complexity index is 557. The lowest BCUT2D eigenvalue weighted by Gasteiger charge is -2.07. The van der Waals surface area contributed by atoms with Gasteiger partial charge in [-0.25, -0.2) is 13.1 Å². The number of phenols is 1. The molecule has 106 valence electrons. The molecule has 0 fully saturated rings. The fourth-order valence-corrected chi connectivity index (χ4v) is 2.52. The molecule has 1 rings (SSSR count). The summed E-state index contributed by atoms with van der Waals surface area (Å²) in [6, 6.07) is 3.66. The maximum Gasteiger partial charge on any atom is 0.240 e. The summed E-state index contributed by atoms with van der Waals surface area (Å²) >= 11 is 0. The first-order valence-electron chi connectivity index (χ1n) is 5.69. The monoisotopic (exact) mass is 287 g/mol. The smallest absolute Gasteiger partial charge is 0.240 e. The van der Waals surface area contributed by atoms with Crippen LogP contribution in [0.15, 0.2) is 23.1 Å². The highest BCUT2D eigenvalue weighted by atomic mass is 32.2. The van der Waals surface area contributed by atoms with Gasteiger partial charge in [-0.2, -0.15) is 0 Å². The molecule has 1 aromatic carbocycles. The number of phenolic OH excluding ortho intramolecular Hbond substituents is 1. The van der Waals surface area contributed by atoms with E-state index in [1.165, 1.54) is 18.2 Å². The number of rotatable bonds is 7. The van der Waals surface area contributed by atoms with E-state index in [2.05, 4.69) is 4.72 Å². The van der Waals surface area contributed by atoms with Crippen LogP contribution in [0.2, 0.25) is 0 Å². The van der Waals surface area contributed by atoms with Crippen molar-refractivity contribution in [3.05, 3.63) is 18.2 Å². The van der Waals surface area contributed by atoms with Crippen molar-refractivity contribution in [2.24, 2.45) is 5.73 Å². The molecule has 19 heavy (non-hydrogen) atoms. The predicted molar refractivity (Wildman–Crippen MR) is 70.8 cm³/mol. The Morgan fingerprint density at radius 2 is 2.00 bits per heavy atom. The van der Waals surface area contributed by atoms with Crippen molar-refractivity contribution in [2.75, 3.05) is 12.3 Å². The van der Waals surface area contributed by atoms with Gasteiger partial charge in [0.15, 0.2) is 0 Å². The van der Waals surface area contributed by atoms with E-state index >= 15 is 0 Å². The van der Waals surface area contributed by atoms with Crippen LogP contribution in [0.3, 0.4) is 0 Å². The number of nitrogen functional groups attached to an aromatic ring is 1. The zero-order valence-corrected chi connectivity index (χ0v) is 11.1. The second-order valence-electron chi connectivity index (χ2n) is 4.04. The van der Waals surface area contributed by atoms with E-state index in [0.717, 1.165) is 0 Å². The third-order valence-corrected chi connectivity index (χ3v) is 3.91. The van der Waals surface area contributed by atoms with Gasteiger partial charge in [0.2, 0.25) is 15.9 Å². The summed E-state index contributed by atoms with van der Waals surface area (Å²) in [4.78, 5) is 10.5. The van der Waals surface area contributed by atoms with Crippen LogP contribution >= 0.6 is 0 Å². The Labute approximate surface area is 111 Å². The van der Waals surface area contributed by atoms with Crippen molar-refractivity contribution in [3.8, 4) is 5.75 Å². The number of unbranched alkanes of at least 4 members (excludes halogenated alkanes) is 1. The molecule has 0 aliphatic rings. The van der Waals surface area contributed by atoms with Gasteiger partial charge in [-0.05, 0) is 31.0 Å². The van der Waals surface area contributed by atoms with Crippen molar-refractivity contribution in [2.45, 2.75) is 24.2 Å². The third-order valence-electron chi connectivity index (χ3n) is 2.45. The Hall–Kier alpha value is -1.80. The molecule has 0 aliphatic heterocycles. The maximum atomic E-state index is 11.9. The van der Waals surface area contributed by atoms with Gasteiger partial charge in [0.1, 0.15) is 5.75 Å². The highest BCUT2D eigenvalue weighted by molar-refractivity contribution is 7.89. The van der Waals surface area contributed by atoms with Crippen LogP contribution in [-0.4, -0.2) is 26.0 Å². The van der Waals surface area contributed by atoms with E-state index in [1.54, 1.807) is 0 Å². The Balaban J connectivity index is 2.56. The molecule has 0 spiro atoms. The number of carbonyl (C=O) groups is 1. The number of aromatic hydroxyl groups is 1. The summed E-state index contributed by atoms with van der Waals surface area (Å²) in [5.41, 5.74) is 10.4. The number of sulfonamides is 1. The minimum atomic E-state index is -3.66. The van der Waals surface area contributed by atoms with Gasteiger partial charge in [0.05, 0.1) is 10.6 Å². The second-order valence-corrected chi connectivity index (χ2v) is 5.81. The molecule has 1 aromatic rings. The zero-order valence-electron chi connectivity index (χ0n) is 10.3. The molecule has 0 bridgehead atoms. The molecule has 0 atom stereocenters. The molecule has 0 aromatic heterocycles. The van der Waals surface area contributed by atoms with E-state index in [9.17, 15) is 18.3 Å². The minimum Gasteiger partial charge on any atom is -0.506 e. The summed E-state index contributed by atoms with van der Waals surface area (Å²) in [7, 11) is -3.66. The quantitative estimate of drug-likeness (QED) is 0.315. The van der Waals surface area contributed by atoms with Crippen LogP contribution in [0.25, 0.3) is 0 Å². The third kappa shape index (κ3) is 4.76. The molecule has 7 nitrogen and oxygen atoms in total. The molecule has 0 saturated carbocycles. The number of benzene rings is 1. The normalized spacial score (nSPS) is 11.4. The van der Waals surface area contributed by atoms with Crippen molar-refractivity contribution < 1.29 is 18.3 Å². The van der Waals surface area contributed by atoms with Gasteiger partial charge in [0, 0.05) is 13.0 Å². The summed E-state index contributed by atoms with van der Waals surface area (Å²) < 4.78 is 26.1. The SMILES string of the molecule is NC(=O)CCCCNS(=O)(=O)c1ccc(O)c(N)c1. The number of primary amides is 1. The lowest BCUT2D eigenvalue weighted by Crippen LogP contribution is -2.25. The summed E-state index contributed by atoms with van der Waals surface area (Å²) in [6.07, 6.45) is 1.26. The van der Waals surface area contributed by atoms with Gasteiger partial charge < -0.3 is 16.6 Å². The molecule has 0 saturated heterocycles. The topological polar surface area (TPSA) is 136 Å². The highest BCUT2D eigenvalue weighted by Gasteiger charge is 2.14. The maximum absolute atomic E-state index is 11.9. The number of amides is 1. The van der Waals surface area contributed by atoms with E-state index < -0.39 is 15.9 Å². The number of hydrogen-bond donors (Lipinski definition) is 4.